The predicted octanol–water partition coefficient (Wildman–Crippen LogP) is 1.70. The van der Waals surface area contributed by atoms with Crippen molar-refractivity contribution < 1.29 is 0 Å². The van der Waals surface area contributed by atoms with Crippen molar-refractivity contribution in [2.24, 2.45) is 5.73 Å². The van der Waals surface area contributed by atoms with Gasteiger partial charge in [-0.15, -0.1) is 11.3 Å². The van der Waals surface area contributed by atoms with Crippen LogP contribution < -0.4 is 5.73 Å². The Balaban J connectivity index is 1.49. The van der Waals surface area contributed by atoms with Gasteiger partial charge in [-0.25, -0.2) is 4.98 Å². The SMILES string of the molecule is CCc1nc(CN2CCC(N3CCC(N)CC3)C2)cs1. The van der Waals surface area contributed by atoms with Crippen LogP contribution in [0.25, 0.3) is 0 Å². The summed E-state index contributed by atoms with van der Waals surface area (Å²) < 4.78 is 0. The smallest absolute Gasteiger partial charge is 0.0926 e. The van der Waals surface area contributed by atoms with Gasteiger partial charge in [0.25, 0.3) is 0 Å². The Morgan fingerprint density at radius 1 is 1.30 bits per heavy atom. The van der Waals surface area contributed by atoms with Gasteiger partial charge in [0.05, 0.1) is 10.7 Å². The van der Waals surface area contributed by atoms with Crippen molar-refractivity contribution in [2.75, 3.05) is 26.2 Å². The van der Waals surface area contributed by atoms with Gasteiger partial charge in [-0.05, 0) is 38.8 Å². The molecule has 0 saturated carbocycles. The van der Waals surface area contributed by atoms with Crippen LogP contribution in [0.2, 0.25) is 0 Å². The number of nitrogens with zero attached hydrogens (tertiary/aromatic N) is 3. The lowest BCUT2D eigenvalue weighted by molar-refractivity contribution is 0.151. The molecule has 2 saturated heterocycles. The third-order valence-corrected chi connectivity index (χ3v) is 5.67. The molecule has 1 aromatic heterocycles. The standard InChI is InChI=1S/C15H26N4S/c1-2-15-17-13(11-20-15)9-18-6-5-14(10-18)19-7-3-12(16)4-8-19/h11-12,14H,2-10,16H2,1H3. The minimum atomic E-state index is 0.436. The van der Waals surface area contributed by atoms with Gasteiger partial charge in [-0.1, -0.05) is 6.92 Å². The summed E-state index contributed by atoms with van der Waals surface area (Å²) in [7, 11) is 0. The molecule has 1 aromatic rings. The number of piperidine rings is 1. The summed E-state index contributed by atoms with van der Waals surface area (Å²) in [6, 6.07) is 1.18. The Morgan fingerprint density at radius 2 is 2.10 bits per heavy atom. The summed E-state index contributed by atoms with van der Waals surface area (Å²) in [5.74, 6) is 0. The van der Waals surface area contributed by atoms with E-state index in [-0.39, 0.29) is 0 Å². The molecule has 0 aliphatic carbocycles. The molecule has 0 bridgehead atoms. The Kier molecular flexibility index (Phi) is 4.71. The number of hydrogen-bond donors (Lipinski definition) is 1. The zero-order chi connectivity index (χ0) is 13.9. The highest BCUT2D eigenvalue weighted by Crippen LogP contribution is 2.22. The van der Waals surface area contributed by atoms with Gasteiger partial charge >= 0.3 is 0 Å². The quantitative estimate of drug-likeness (QED) is 0.918. The van der Waals surface area contributed by atoms with Crippen LogP contribution in [0.3, 0.4) is 0 Å². The van der Waals surface area contributed by atoms with Crippen molar-refractivity contribution >= 4 is 11.3 Å². The molecule has 2 aliphatic rings. The molecule has 0 spiro atoms. The number of rotatable bonds is 4. The molecule has 1 atom stereocenters. The second kappa shape index (κ2) is 6.52. The van der Waals surface area contributed by atoms with Crippen molar-refractivity contribution in [3.63, 3.8) is 0 Å². The van der Waals surface area contributed by atoms with E-state index in [0.29, 0.717) is 6.04 Å². The molecule has 4 nitrogen and oxygen atoms in total. The summed E-state index contributed by atoms with van der Waals surface area (Å²) in [5.41, 5.74) is 7.25. The fourth-order valence-electron chi connectivity index (χ4n) is 3.35. The van der Waals surface area contributed by atoms with Crippen LogP contribution in [0.4, 0.5) is 0 Å². The monoisotopic (exact) mass is 294 g/mol. The van der Waals surface area contributed by atoms with Gasteiger partial charge in [0.2, 0.25) is 0 Å². The van der Waals surface area contributed by atoms with Crippen LogP contribution in [0.1, 0.15) is 36.9 Å². The number of likely N-dealkylation sites (tertiary alicyclic amines) is 2. The molecule has 0 aromatic carbocycles. The van der Waals surface area contributed by atoms with E-state index in [1.54, 1.807) is 11.3 Å². The molecule has 112 valence electrons. The third kappa shape index (κ3) is 3.39. The van der Waals surface area contributed by atoms with E-state index < -0.39 is 0 Å². The van der Waals surface area contributed by atoms with E-state index in [1.165, 1.54) is 56.1 Å². The first-order chi connectivity index (χ1) is 9.74. The van der Waals surface area contributed by atoms with Crippen LogP contribution in [0.15, 0.2) is 5.38 Å². The fourth-order valence-corrected chi connectivity index (χ4v) is 4.09. The molecular formula is C15H26N4S. The van der Waals surface area contributed by atoms with Crippen molar-refractivity contribution in [3.05, 3.63) is 16.1 Å². The summed E-state index contributed by atoms with van der Waals surface area (Å²) in [6.45, 7) is 8.00. The molecule has 3 heterocycles. The average molecular weight is 294 g/mol. The normalized spacial score (nSPS) is 26.4. The first-order valence-electron chi connectivity index (χ1n) is 7.90. The number of thiazole rings is 1. The van der Waals surface area contributed by atoms with Gasteiger partial charge in [0, 0.05) is 37.1 Å². The lowest BCUT2D eigenvalue weighted by atomic mass is 10.0. The highest BCUT2D eigenvalue weighted by molar-refractivity contribution is 7.09. The van der Waals surface area contributed by atoms with E-state index >= 15 is 0 Å². The fraction of sp³-hybridized carbons (Fsp3) is 0.800. The minimum absolute atomic E-state index is 0.436. The second-order valence-corrected chi connectivity index (χ2v) is 7.08. The van der Waals surface area contributed by atoms with E-state index in [1.807, 2.05) is 0 Å². The van der Waals surface area contributed by atoms with Crippen molar-refractivity contribution in [1.82, 2.24) is 14.8 Å². The van der Waals surface area contributed by atoms with E-state index in [9.17, 15) is 0 Å². The molecule has 0 amide bonds. The Morgan fingerprint density at radius 3 is 2.80 bits per heavy atom. The van der Waals surface area contributed by atoms with Crippen LogP contribution in [-0.2, 0) is 13.0 Å². The molecule has 2 N–H and O–H groups in total. The number of aromatic nitrogens is 1. The Labute approximate surface area is 126 Å². The third-order valence-electron chi connectivity index (χ3n) is 4.63. The van der Waals surface area contributed by atoms with Crippen LogP contribution in [-0.4, -0.2) is 53.0 Å². The Bertz CT molecular complexity index is 425. The molecule has 3 rings (SSSR count). The van der Waals surface area contributed by atoms with Gasteiger partial charge < -0.3 is 5.73 Å². The van der Waals surface area contributed by atoms with E-state index in [2.05, 4.69) is 27.1 Å². The molecular weight excluding hydrogens is 268 g/mol. The van der Waals surface area contributed by atoms with Crippen molar-refractivity contribution in [2.45, 2.75) is 51.2 Å². The topological polar surface area (TPSA) is 45.4 Å². The molecule has 20 heavy (non-hydrogen) atoms. The lowest BCUT2D eigenvalue weighted by Crippen LogP contribution is -2.46. The molecule has 5 heteroatoms. The Hall–Kier alpha value is -0.490. The van der Waals surface area contributed by atoms with Crippen LogP contribution in [0.5, 0.6) is 0 Å². The molecule has 1 unspecified atom stereocenters. The van der Waals surface area contributed by atoms with Crippen molar-refractivity contribution in [1.29, 1.82) is 0 Å². The molecule has 0 radical (unpaired) electrons. The summed E-state index contributed by atoms with van der Waals surface area (Å²) in [6.07, 6.45) is 4.70. The molecule has 2 aliphatic heterocycles. The highest BCUT2D eigenvalue weighted by atomic mass is 32.1. The highest BCUT2D eigenvalue weighted by Gasteiger charge is 2.29. The van der Waals surface area contributed by atoms with E-state index in [0.717, 1.165) is 19.0 Å². The summed E-state index contributed by atoms with van der Waals surface area (Å²) >= 11 is 1.80. The second-order valence-electron chi connectivity index (χ2n) is 6.14. The predicted molar refractivity (Wildman–Crippen MR) is 84.0 cm³/mol. The zero-order valence-corrected chi connectivity index (χ0v) is 13.2. The van der Waals surface area contributed by atoms with Gasteiger partial charge in [0.1, 0.15) is 0 Å². The number of hydrogen-bond acceptors (Lipinski definition) is 5. The summed E-state index contributed by atoms with van der Waals surface area (Å²) in [4.78, 5) is 9.90. The van der Waals surface area contributed by atoms with Crippen LogP contribution in [0, 0.1) is 0 Å². The maximum absolute atomic E-state index is 6.00. The van der Waals surface area contributed by atoms with E-state index in [4.69, 9.17) is 5.73 Å². The number of nitrogens with two attached hydrogens (primary N) is 1. The first-order valence-corrected chi connectivity index (χ1v) is 8.78. The van der Waals surface area contributed by atoms with Gasteiger partial charge in [-0.3, -0.25) is 9.80 Å². The maximum atomic E-state index is 6.00. The molecule has 2 fully saturated rings. The average Bonchev–Trinajstić information content (AvgIpc) is 3.09. The van der Waals surface area contributed by atoms with Gasteiger partial charge in [0.15, 0.2) is 0 Å². The largest absolute Gasteiger partial charge is 0.328 e. The number of aryl methyl sites for hydroxylation is 1. The lowest BCUT2D eigenvalue weighted by Gasteiger charge is -2.34. The van der Waals surface area contributed by atoms with Crippen molar-refractivity contribution in [3.8, 4) is 0 Å². The summed E-state index contributed by atoms with van der Waals surface area (Å²) in [5, 5.41) is 3.49. The van der Waals surface area contributed by atoms with Crippen LogP contribution >= 0.6 is 11.3 Å². The minimum Gasteiger partial charge on any atom is -0.328 e. The zero-order valence-electron chi connectivity index (χ0n) is 12.4. The van der Waals surface area contributed by atoms with Gasteiger partial charge in [-0.2, -0.15) is 0 Å². The maximum Gasteiger partial charge on any atom is 0.0926 e. The first kappa shape index (κ1) is 14.4.